The Morgan fingerprint density at radius 1 is 1.13 bits per heavy atom. The molecule has 1 aliphatic rings. The van der Waals surface area contributed by atoms with E-state index in [-0.39, 0.29) is 18.1 Å². The van der Waals surface area contributed by atoms with Gasteiger partial charge in [-0.3, -0.25) is 14.4 Å². The van der Waals surface area contributed by atoms with Gasteiger partial charge in [-0.1, -0.05) is 31.5 Å². The highest BCUT2D eigenvalue weighted by Gasteiger charge is 2.28. The predicted octanol–water partition coefficient (Wildman–Crippen LogP) is 3.53. The van der Waals surface area contributed by atoms with E-state index in [0.717, 1.165) is 6.42 Å². The molecule has 1 aromatic carbocycles. The van der Waals surface area contributed by atoms with Gasteiger partial charge in [-0.15, -0.1) is 0 Å². The molecule has 3 amide bonds. The van der Waals surface area contributed by atoms with Gasteiger partial charge in [-0.2, -0.15) is 0 Å². The number of pyridine rings is 1. The van der Waals surface area contributed by atoms with Crippen molar-refractivity contribution >= 4 is 35.0 Å². The molecular weight excluding hydrogens is 416 g/mol. The van der Waals surface area contributed by atoms with Crippen LogP contribution in [-0.2, 0) is 4.79 Å². The van der Waals surface area contributed by atoms with Crippen molar-refractivity contribution < 1.29 is 14.4 Å². The monoisotopic (exact) mass is 442 g/mol. The van der Waals surface area contributed by atoms with Gasteiger partial charge in [0.25, 0.3) is 11.8 Å². The van der Waals surface area contributed by atoms with Crippen molar-refractivity contribution in [3.63, 3.8) is 0 Å². The Hall–Kier alpha value is -2.93. The van der Waals surface area contributed by atoms with Gasteiger partial charge < -0.3 is 15.5 Å². The van der Waals surface area contributed by atoms with Gasteiger partial charge in [0.1, 0.15) is 5.69 Å². The maximum atomic E-state index is 13.2. The fourth-order valence-corrected chi connectivity index (χ4v) is 4.09. The SMILES string of the molecule is Cc1cccc(C(=O)NCC(=O)Nc2ccc(Cl)cc2C(=O)N2C[C@H](C)C[C@H](C)C2)n1. The van der Waals surface area contributed by atoms with Crippen molar-refractivity contribution in [3.8, 4) is 0 Å². The molecule has 2 N–H and O–H groups in total. The number of amides is 3. The first-order valence-electron chi connectivity index (χ1n) is 10.3. The van der Waals surface area contributed by atoms with E-state index in [1.54, 1.807) is 43.3 Å². The molecule has 164 valence electrons. The Bertz CT molecular complexity index is 985. The Balaban J connectivity index is 1.68. The van der Waals surface area contributed by atoms with Crippen molar-refractivity contribution in [2.75, 3.05) is 25.0 Å². The minimum atomic E-state index is -0.447. The maximum absolute atomic E-state index is 13.2. The van der Waals surface area contributed by atoms with Crippen LogP contribution in [0, 0.1) is 18.8 Å². The predicted molar refractivity (Wildman–Crippen MR) is 120 cm³/mol. The van der Waals surface area contributed by atoms with Crippen molar-refractivity contribution in [2.45, 2.75) is 27.2 Å². The lowest BCUT2D eigenvalue weighted by atomic mass is 9.91. The molecular formula is C23H27ClN4O3. The summed E-state index contributed by atoms with van der Waals surface area (Å²) in [6.07, 6.45) is 1.08. The molecule has 1 saturated heterocycles. The Morgan fingerprint density at radius 3 is 2.52 bits per heavy atom. The molecule has 1 fully saturated rings. The summed E-state index contributed by atoms with van der Waals surface area (Å²) in [4.78, 5) is 43.8. The summed E-state index contributed by atoms with van der Waals surface area (Å²) in [5.74, 6) is -0.227. The molecule has 1 aromatic heterocycles. The molecule has 2 aromatic rings. The number of aromatic nitrogens is 1. The molecule has 3 rings (SSSR count). The lowest BCUT2D eigenvalue weighted by molar-refractivity contribution is -0.115. The van der Waals surface area contributed by atoms with Crippen LogP contribution in [0.15, 0.2) is 36.4 Å². The smallest absolute Gasteiger partial charge is 0.270 e. The van der Waals surface area contributed by atoms with Gasteiger partial charge in [0, 0.05) is 23.8 Å². The molecule has 0 saturated carbocycles. The summed E-state index contributed by atoms with van der Waals surface area (Å²) in [5.41, 5.74) is 1.66. The van der Waals surface area contributed by atoms with Crippen LogP contribution >= 0.6 is 11.6 Å². The fraction of sp³-hybridized carbons (Fsp3) is 0.391. The second kappa shape index (κ2) is 9.92. The highest BCUT2D eigenvalue weighted by molar-refractivity contribution is 6.31. The average Bonchev–Trinajstić information content (AvgIpc) is 2.72. The van der Waals surface area contributed by atoms with E-state index >= 15 is 0 Å². The Morgan fingerprint density at radius 2 is 1.84 bits per heavy atom. The van der Waals surface area contributed by atoms with Crippen LogP contribution in [0.2, 0.25) is 5.02 Å². The number of nitrogens with one attached hydrogen (secondary N) is 2. The summed E-state index contributed by atoms with van der Waals surface area (Å²) in [6, 6.07) is 9.88. The number of hydrogen-bond acceptors (Lipinski definition) is 4. The summed E-state index contributed by atoms with van der Waals surface area (Å²) in [7, 11) is 0. The first-order chi connectivity index (χ1) is 14.7. The zero-order valence-electron chi connectivity index (χ0n) is 17.9. The third kappa shape index (κ3) is 6.04. The van der Waals surface area contributed by atoms with Crippen LogP contribution in [0.1, 0.15) is 46.8 Å². The molecule has 0 radical (unpaired) electrons. The molecule has 8 heteroatoms. The van der Waals surface area contributed by atoms with Crippen molar-refractivity contribution in [2.24, 2.45) is 11.8 Å². The van der Waals surface area contributed by atoms with Crippen LogP contribution in [0.5, 0.6) is 0 Å². The quantitative estimate of drug-likeness (QED) is 0.741. The number of aryl methyl sites for hydroxylation is 1. The highest BCUT2D eigenvalue weighted by atomic mass is 35.5. The first-order valence-corrected chi connectivity index (χ1v) is 10.7. The van der Waals surface area contributed by atoms with Crippen molar-refractivity contribution in [3.05, 3.63) is 58.4 Å². The number of likely N-dealkylation sites (tertiary alicyclic amines) is 1. The fourth-order valence-electron chi connectivity index (χ4n) is 3.92. The van der Waals surface area contributed by atoms with E-state index in [4.69, 9.17) is 11.6 Å². The summed E-state index contributed by atoms with van der Waals surface area (Å²) < 4.78 is 0. The topological polar surface area (TPSA) is 91.4 Å². The zero-order valence-corrected chi connectivity index (χ0v) is 18.7. The van der Waals surface area contributed by atoms with E-state index in [9.17, 15) is 14.4 Å². The number of anilines is 1. The lowest BCUT2D eigenvalue weighted by Gasteiger charge is -2.35. The minimum Gasteiger partial charge on any atom is -0.342 e. The second-order valence-electron chi connectivity index (χ2n) is 8.24. The van der Waals surface area contributed by atoms with Gasteiger partial charge in [0.05, 0.1) is 17.8 Å². The van der Waals surface area contributed by atoms with E-state index in [0.29, 0.717) is 46.9 Å². The lowest BCUT2D eigenvalue weighted by Crippen LogP contribution is -2.43. The van der Waals surface area contributed by atoms with E-state index in [1.165, 1.54) is 0 Å². The first kappa shape index (κ1) is 22.7. The molecule has 0 spiro atoms. The molecule has 0 aliphatic carbocycles. The zero-order chi connectivity index (χ0) is 22.5. The van der Waals surface area contributed by atoms with Gasteiger partial charge in [0.2, 0.25) is 5.91 Å². The number of carbonyl (C=O) groups is 3. The van der Waals surface area contributed by atoms with Gasteiger partial charge in [0.15, 0.2) is 0 Å². The average molecular weight is 443 g/mol. The van der Waals surface area contributed by atoms with Crippen LogP contribution in [0.3, 0.4) is 0 Å². The van der Waals surface area contributed by atoms with Crippen molar-refractivity contribution in [1.82, 2.24) is 15.2 Å². The third-order valence-corrected chi connectivity index (χ3v) is 5.41. The van der Waals surface area contributed by atoms with Gasteiger partial charge in [-0.25, -0.2) is 4.98 Å². The summed E-state index contributed by atoms with van der Waals surface area (Å²) in [6.45, 7) is 7.13. The van der Waals surface area contributed by atoms with Gasteiger partial charge >= 0.3 is 0 Å². The molecule has 0 bridgehead atoms. The number of benzene rings is 1. The maximum Gasteiger partial charge on any atom is 0.270 e. The number of rotatable bonds is 5. The summed E-state index contributed by atoms with van der Waals surface area (Å²) in [5, 5.41) is 5.68. The second-order valence-corrected chi connectivity index (χ2v) is 8.68. The van der Waals surface area contributed by atoms with Gasteiger partial charge in [-0.05, 0) is 55.5 Å². The molecule has 7 nitrogen and oxygen atoms in total. The normalized spacial score (nSPS) is 18.4. The Kier molecular flexibility index (Phi) is 7.28. The molecule has 2 atom stereocenters. The van der Waals surface area contributed by atoms with E-state index in [1.807, 2.05) is 4.90 Å². The molecule has 31 heavy (non-hydrogen) atoms. The van der Waals surface area contributed by atoms with Crippen LogP contribution in [-0.4, -0.2) is 47.2 Å². The Labute approximate surface area is 187 Å². The van der Waals surface area contributed by atoms with E-state index in [2.05, 4.69) is 29.5 Å². The number of halogens is 1. The largest absolute Gasteiger partial charge is 0.342 e. The number of piperidine rings is 1. The number of nitrogens with zero attached hydrogens (tertiary/aromatic N) is 2. The third-order valence-electron chi connectivity index (χ3n) is 5.17. The molecule has 2 heterocycles. The molecule has 1 aliphatic heterocycles. The highest BCUT2D eigenvalue weighted by Crippen LogP contribution is 2.27. The van der Waals surface area contributed by atoms with Crippen LogP contribution in [0.4, 0.5) is 5.69 Å². The standard InChI is InChI=1S/C23H27ClN4O3/c1-14-9-15(2)13-28(12-14)23(31)18-10-17(24)7-8-19(18)27-21(29)11-25-22(30)20-6-4-5-16(3)26-20/h4-8,10,14-15H,9,11-13H2,1-3H3,(H,25,30)(H,27,29)/t14-,15+. The van der Waals surface area contributed by atoms with Crippen LogP contribution < -0.4 is 10.6 Å². The van der Waals surface area contributed by atoms with Crippen LogP contribution in [0.25, 0.3) is 0 Å². The minimum absolute atomic E-state index is 0.163. The number of carbonyl (C=O) groups excluding carboxylic acids is 3. The van der Waals surface area contributed by atoms with E-state index < -0.39 is 11.8 Å². The molecule has 0 unspecified atom stereocenters. The summed E-state index contributed by atoms with van der Waals surface area (Å²) >= 11 is 6.13. The van der Waals surface area contributed by atoms with Crippen molar-refractivity contribution in [1.29, 1.82) is 0 Å². The number of hydrogen-bond donors (Lipinski definition) is 2.